The van der Waals surface area contributed by atoms with Gasteiger partial charge in [-0.2, -0.15) is 18.3 Å². The van der Waals surface area contributed by atoms with Gasteiger partial charge in [0, 0.05) is 25.8 Å². The lowest BCUT2D eigenvalue weighted by molar-refractivity contribution is -0.143. The molecular weight excluding hydrogens is 451 g/mol. The number of alkyl halides is 3. The SMILES string of the molecule is C=C/C=C\C1(OC)CC(NCc2ccc(OC)cc2)=CC=C1n1ncc(C(=O)O)c1C(F)(F)F. The maximum Gasteiger partial charge on any atom is 0.434 e. The molecule has 1 aromatic carbocycles. The van der Waals surface area contributed by atoms with Crippen LogP contribution < -0.4 is 10.1 Å². The molecule has 0 fully saturated rings. The van der Waals surface area contributed by atoms with E-state index in [-0.39, 0.29) is 12.1 Å². The minimum Gasteiger partial charge on any atom is -0.497 e. The van der Waals surface area contributed by atoms with E-state index in [9.17, 15) is 23.1 Å². The molecule has 0 aliphatic heterocycles. The number of carbonyl (C=O) groups is 1. The Bertz CT molecular complexity index is 1150. The Labute approximate surface area is 194 Å². The minimum absolute atomic E-state index is 0.0166. The number of nitrogens with one attached hydrogen (secondary N) is 1. The first kappa shape index (κ1) is 24.8. The molecule has 1 unspecified atom stereocenters. The number of carboxylic acid groups (broad SMARTS) is 1. The fourth-order valence-corrected chi connectivity index (χ4v) is 3.66. The molecule has 180 valence electrons. The van der Waals surface area contributed by atoms with Crippen molar-refractivity contribution in [1.82, 2.24) is 15.1 Å². The second-order valence-electron chi connectivity index (χ2n) is 7.43. The van der Waals surface area contributed by atoms with Gasteiger partial charge in [0.25, 0.3) is 0 Å². The van der Waals surface area contributed by atoms with Gasteiger partial charge >= 0.3 is 12.1 Å². The third-order valence-electron chi connectivity index (χ3n) is 5.37. The largest absolute Gasteiger partial charge is 0.497 e. The number of hydrogen-bond donors (Lipinski definition) is 2. The highest BCUT2D eigenvalue weighted by molar-refractivity contribution is 5.89. The lowest BCUT2D eigenvalue weighted by Gasteiger charge is -2.36. The van der Waals surface area contributed by atoms with Crippen molar-refractivity contribution in [2.75, 3.05) is 14.2 Å². The lowest BCUT2D eigenvalue weighted by atomic mass is 9.88. The number of aromatic carboxylic acids is 1. The Hall–Kier alpha value is -3.79. The van der Waals surface area contributed by atoms with Crippen molar-refractivity contribution in [3.05, 3.63) is 89.9 Å². The molecule has 1 heterocycles. The average molecular weight is 475 g/mol. The van der Waals surface area contributed by atoms with E-state index < -0.39 is 29.0 Å². The minimum atomic E-state index is -4.96. The zero-order valence-corrected chi connectivity index (χ0v) is 18.6. The quantitative estimate of drug-likeness (QED) is 0.514. The van der Waals surface area contributed by atoms with Crippen molar-refractivity contribution < 1.29 is 32.5 Å². The van der Waals surface area contributed by atoms with Crippen LogP contribution in [0.15, 0.2) is 73.1 Å². The normalized spacial score (nSPS) is 18.4. The van der Waals surface area contributed by atoms with Crippen molar-refractivity contribution in [3.63, 3.8) is 0 Å². The third-order valence-corrected chi connectivity index (χ3v) is 5.37. The van der Waals surface area contributed by atoms with E-state index in [1.165, 1.54) is 19.3 Å². The van der Waals surface area contributed by atoms with Crippen LogP contribution in [0.2, 0.25) is 0 Å². The van der Waals surface area contributed by atoms with Crippen LogP contribution in [-0.2, 0) is 17.5 Å². The molecule has 2 aromatic rings. The summed E-state index contributed by atoms with van der Waals surface area (Å²) < 4.78 is 53.0. The van der Waals surface area contributed by atoms with Crippen molar-refractivity contribution in [2.45, 2.75) is 24.7 Å². The molecule has 1 aromatic heterocycles. The summed E-state index contributed by atoms with van der Waals surface area (Å²) in [4.78, 5) is 11.4. The molecule has 0 spiro atoms. The molecule has 1 aliphatic carbocycles. The van der Waals surface area contributed by atoms with Crippen LogP contribution in [0.5, 0.6) is 5.75 Å². The number of rotatable bonds is 9. The zero-order chi connectivity index (χ0) is 24.9. The molecule has 2 N–H and O–H groups in total. The van der Waals surface area contributed by atoms with E-state index in [0.29, 0.717) is 23.1 Å². The first-order valence-corrected chi connectivity index (χ1v) is 10.2. The summed E-state index contributed by atoms with van der Waals surface area (Å²) in [6.45, 7) is 4.08. The number of nitrogens with zero attached hydrogens (tertiary/aromatic N) is 2. The number of hydrogen-bond acceptors (Lipinski definition) is 5. The maximum atomic E-state index is 13.8. The molecule has 34 heavy (non-hydrogen) atoms. The second-order valence-corrected chi connectivity index (χ2v) is 7.43. The van der Waals surface area contributed by atoms with Gasteiger partial charge in [-0.1, -0.05) is 30.9 Å². The van der Waals surface area contributed by atoms with Crippen molar-refractivity contribution >= 4 is 11.7 Å². The van der Waals surface area contributed by atoms with E-state index in [0.717, 1.165) is 11.3 Å². The number of aromatic nitrogens is 2. The van der Waals surface area contributed by atoms with Crippen LogP contribution in [-0.4, -0.2) is 40.7 Å². The number of ether oxygens (including phenoxy) is 2. The molecule has 7 nitrogen and oxygen atoms in total. The highest BCUT2D eigenvalue weighted by Crippen LogP contribution is 2.41. The summed E-state index contributed by atoms with van der Waals surface area (Å²) in [6.07, 6.45) is 3.53. The standard InChI is InChI=1S/C24H24F3N3O4/c1-4-5-12-23(34-3)13-17(28-14-16-6-9-18(33-2)10-7-16)8-11-20(23)30-21(24(25,26)27)19(15-29-30)22(31)32/h4-12,15,28H,1,13-14H2,2-3H3,(H,31,32)/b12-5-. The van der Waals surface area contributed by atoms with Crippen LogP contribution in [0.1, 0.15) is 28.0 Å². The molecule has 1 aliphatic rings. The van der Waals surface area contributed by atoms with Gasteiger partial charge < -0.3 is 19.9 Å². The Kier molecular flexibility index (Phi) is 7.31. The van der Waals surface area contributed by atoms with Crippen molar-refractivity contribution in [2.24, 2.45) is 0 Å². The number of halogens is 3. The molecule has 0 amide bonds. The summed E-state index contributed by atoms with van der Waals surface area (Å²) in [7, 11) is 2.94. The van der Waals surface area contributed by atoms with Crippen molar-refractivity contribution in [3.8, 4) is 5.75 Å². The monoisotopic (exact) mass is 475 g/mol. The van der Waals surface area contributed by atoms with Crippen LogP contribution in [0.25, 0.3) is 5.70 Å². The maximum absolute atomic E-state index is 13.8. The molecular formula is C24H24F3N3O4. The highest BCUT2D eigenvalue weighted by atomic mass is 19.4. The van der Waals surface area contributed by atoms with Gasteiger partial charge in [-0.05, 0) is 35.9 Å². The fourth-order valence-electron chi connectivity index (χ4n) is 3.66. The van der Waals surface area contributed by atoms with Crippen molar-refractivity contribution in [1.29, 1.82) is 0 Å². The van der Waals surface area contributed by atoms with Gasteiger partial charge in [0.1, 0.15) is 16.9 Å². The lowest BCUT2D eigenvalue weighted by Crippen LogP contribution is -2.39. The summed E-state index contributed by atoms with van der Waals surface area (Å²) in [5, 5.41) is 16.3. The van der Waals surface area contributed by atoms with E-state index in [2.05, 4.69) is 17.0 Å². The van der Waals surface area contributed by atoms with Gasteiger partial charge in [-0.15, -0.1) is 0 Å². The van der Waals surface area contributed by atoms with Gasteiger partial charge in [-0.3, -0.25) is 0 Å². The van der Waals surface area contributed by atoms with E-state index in [1.54, 1.807) is 25.3 Å². The topological polar surface area (TPSA) is 85.6 Å². The van der Waals surface area contributed by atoms with Crippen LogP contribution >= 0.6 is 0 Å². The smallest absolute Gasteiger partial charge is 0.434 e. The first-order valence-electron chi connectivity index (χ1n) is 10.2. The molecule has 0 saturated heterocycles. The Morgan fingerprint density at radius 3 is 2.56 bits per heavy atom. The number of methoxy groups -OCH3 is 2. The van der Waals surface area contributed by atoms with Crippen LogP contribution in [0, 0.1) is 0 Å². The number of carboxylic acids is 1. The molecule has 3 rings (SSSR count). The summed E-state index contributed by atoms with van der Waals surface area (Å²) in [6, 6.07) is 7.44. The van der Waals surface area contributed by atoms with Crippen LogP contribution in [0.3, 0.4) is 0 Å². The average Bonchev–Trinajstić information content (AvgIpc) is 3.27. The fraction of sp³-hybridized carbons (Fsp3) is 0.250. The first-order chi connectivity index (χ1) is 16.1. The molecule has 0 saturated carbocycles. The summed E-state index contributed by atoms with van der Waals surface area (Å²) >= 11 is 0. The summed E-state index contributed by atoms with van der Waals surface area (Å²) in [5.74, 6) is -1.00. The van der Waals surface area contributed by atoms with E-state index in [4.69, 9.17) is 9.47 Å². The molecule has 10 heteroatoms. The van der Waals surface area contributed by atoms with Gasteiger partial charge in [-0.25, -0.2) is 9.48 Å². The zero-order valence-electron chi connectivity index (χ0n) is 18.6. The second kappa shape index (κ2) is 10.0. The van der Waals surface area contributed by atoms with Crippen LogP contribution in [0.4, 0.5) is 13.2 Å². The Morgan fingerprint density at radius 2 is 2.00 bits per heavy atom. The molecule has 1 atom stereocenters. The molecule has 0 bridgehead atoms. The van der Waals surface area contributed by atoms with Gasteiger partial charge in [0.2, 0.25) is 0 Å². The predicted molar refractivity (Wildman–Crippen MR) is 120 cm³/mol. The molecule has 0 radical (unpaired) electrons. The van der Waals surface area contributed by atoms with E-state index in [1.807, 2.05) is 24.3 Å². The predicted octanol–water partition coefficient (Wildman–Crippen LogP) is 4.65. The number of benzene rings is 1. The number of allylic oxidation sites excluding steroid dienone is 4. The van der Waals surface area contributed by atoms with E-state index >= 15 is 0 Å². The Morgan fingerprint density at radius 1 is 1.29 bits per heavy atom. The summed E-state index contributed by atoms with van der Waals surface area (Å²) in [5.41, 5.74) is -2.01. The van der Waals surface area contributed by atoms with Gasteiger partial charge in [0.05, 0.1) is 19.0 Å². The Balaban J connectivity index is 2.03. The highest BCUT2D eigenvalue weighted by Gasteiger charge is 2.45. The third kappa shape index (κ3) is 5.07. The van der Waals surface area contributed by atoms with Gasteiger partial charge in [0.15, 0.2) is 5.69 Å².